The molecule has 7 heteroatoms. The maximum absolute atomic E-state index is 9.74. The highest BCUT2D eigenvalue weighted by atomic mass is 79.9. The van der Waals surface area contributed by atoms with Gasteiger partial charge < -0.3 is 5.11 Å². The molecule has 5 nitrogen and oxygen atoms in total. The van der Waals surface area contributed by atoms with E-state index in [-0.39, 0.29) is 11.7 Å². The normalized spacial score (nSPS) is 11.6. The third kappa shape index (κ3) is 3.10. The highest BCUT2D eigenvalue weighted by Crippen LogP contribution is 2.20. The molecule has 2 N–H and O–H groups in total. The van der Waals surface area contributed by atoms with E-state index in [9.17, 15) is 5.11 Å². The van der Waals surface area contributed by atoms with Gasteiger partial charge in [0, 0.05) is 16.0 Å². The summed E-state index contributed by atoms with van der Waals surface area (Å²) in [5.74, 6) is 1.10. The Balaban J connectivity index is 2.40. The Morgan fingerprint density at radius 2 is 2.26 bits per heavy atom. The van der Waals surface area contributed by atoms with Crippen molar-refractivity contribution in [2.75, 3.05) is 0 Å². The topological polar surface area (TPSA) is 66.2 Å². The van der Waals surface area contributed by atoms with E-state index >= 15 is 0 Å². The third-order valence-corrected chi connectivity index (χ3v) is 3.25. The number of H-pyrrole nitrogens is 1. The van der Waals surface area contributed by atoms with Gasteiger partial charge in [-0.3, -0.25) is 5.10 Å². The minimum atomic E-state index is 0.160. The molecule has 19 heavy (non-hydrogen) atoms. The fourth-order valence-corrected chi connectivity index (χ4v) is 2.10. The van der Waals surface area contributed by atoms with Crippen LogP contribution >= 0.6 is 28.1 Å². The largest absolute Gasteiger partial charge is 0.507 e. The molecule has 1 aromatic heterocycles. The number of halogens is 1. The van der Waals surface area contributed by atoms with E-state index in [0.717, 1.165) is 10.3 Å². The first-order valence-electron chi connectivity index (χ1n) is 5.69. The number of aromatic hydroxyl groups is 1. The SMILES string of the molecule is CC(C)c1n[nH]c(=S)n1/N=C/c1cc(Br)ccc1O. The Morgan fingerprint density at radius 3 is 2.95 bits per heavy atom. The average molecular weight is 341 g/mol. The summed E-state index contributed by atoms with van der Waals surface area (Å²) in [7, 11) is 0. The van der Waals surface area contributed by atoms with Crippen LogP contribution in [0.15, 0.2) is 27.8 Å². The van der Waals surface area contributed by atoms with E-state index in [2.05, 4.69) is 31.2 Å². The zero-order chi connectivity index (χ0) is 14.0. The highest BCUT2D eigenvalue weighted by molar-refractivity contribution is 9.10. The second-order valence-corrected chi connectivity index (χ2v) is 5.60. The maximum atomic E-state index is 9.74. The number of nitrogens with zero attached hydrogens (tertiary/aromatic N) is 3. The molecule has 0 saturated carbocycles. The fraction of sp³-hybridized carbons (Fsp3) is 0.250. The van der Waals surface area contributed by atoms with Gasteiger partial charge in [0.25, 0.3) is 0 Å². The van der Waals surface area contributed by atoms with E-state index in [4.69, 9.17) is 12.2 Å². The smallest absolute Gasteiger partial charge is 0.216 e. The van der Waals surface area contributed by atoms with Crippen molar-refractivity contribution < 1.29 is 5.11 Å². The van der Waals surface area contributed by atoms with Crippen LogP contribution in [0.3, 0.4) is 0 Å². The Kier molecular flexibility index (Phi) is 4.16. The molecule has 0 radical (unpaired) electrons. The van der Waals surface area contributed by atoms with Crippen molar-refractivity contribution >= 4 is 34.4 Å². The van der Waals surface area contributed by atoms with Crippen molar-refractivity contribution in [1.82, 2.24) is 14.9 Å². The van der Waals surface area contributed by atoms with Crippen molar-refractivity contribution in [3.63, 3.8) is 0 Å². The molecule has 0 aliphatic heterocycles. The molecule has 2 rings (SSSR count). The Bertz CT molecular complexity index is 675. The van der Waals surface area contributed by atoms with Crippen LogP contribution in [0.25, 0.3) is 0 Å². The molecule has 0 fully saturated rings. The Labute approximate surface area is 124 Å². The molecule has 0 amide bonds. The van der Waals surface area contributed by atoms with Gasteiger partial charge in [0.2, 0.25) is 4.77 Å². The van der Waals surface area contributed by atoms with Crippen molar-refractivity contribution in [2.45, 2.75) is 19.8 Å². The fourth-order valence-electron chi connectivity index (χ4n) is 1.54. The predicted molar refractivity (Wildman–Crippen MR) is 80.3 cm³/mol. The number of rotatable bonds is 3. The monoisotopic (exact) mass is 340 g/mol. The minimum absolute atomic E-state index is 0.160. The highest BCUT2D eigenvalue weighted by Gasteiger charge is 2.09. The van der Waals surface area contributed by atoms with Gasteiger partial charge in [-0.15, -0.1) is 0 Å². The maximum Gasteiger partial charge on any atom is 0.216 e. The first-order chi connectivity index (χ1) is 8.99. The summed E-state index contributed by atoms with van der Waals surface area (Å²) in [4.78, 5) is 0. The molecule has 0 spiro atoms. The number of nitrogens with one attached hydrogen (secondary N) is 1. The van der Waals surface area contributed by atoms with E-state index < -0.39 is 0 Å². The molecule has 1 heterocycles. The third-order valence-electron chi connectivity index (χ3n) is 2.49. The molecule has 0 saturated heterocycles. The van der Waals surface area contributed by atoms with Crippen LogP contribution in [-0.2, 0) is 0 Å². The summed E-state index contributed by atoms with van der Waals surface area (Å²) >= 11 is 8.47. The summed E-state index contributed by atoms with van der Waals surface area (Å²) in [5, 5.41) is 20.9. The van der Waals surface area contributed by atoms with Crippen molar-refractivity contribution in [2.24, 2.45) is 5.10 Å². The number of phenolic OH excluding ortho intramolecular Hbond substituents is 1. The second kappa shape index (κ2) is 5.66. The molecular formula is C12H13BrN4OS. The van der Waals surface area contributed by atoms with Gasteiger partial charge in [-0.25, -0.2) is 0 Å². The lowest BCUT2D eigenvalue weighted by molar-refractivity contribution is 0.474. The lowest BCUT2D eigenvalue weighted by Gasteiger charge is -2.03. The lowest BCUT2D eigenvalue weighted by atomic mass is 10.2. The molecule has 1 aromatic carbocycles. The van der Waals surface area contributed by atoms with Crippen LogP contribution in [0.2, 0.25) is 0 Å². The number of aromatic nitrogens is 3. The number of benzene rings is 1. The molecule has 0 unspecified atom stereocenters. The summed E-state index contributed by atoms with van der Waals surface area (Å²) in [5.41, 5.74) is 0.604. The van der Waals surface area contributed by atoms with Gasteiger partial charge in [0.05, 0.1) is 6.21 Å². The van der Waals surface area contributed by atoms with Crippen molar-refractivity contribution in [3.8, 4) is 5.75 Å². The van der Waals surface area contributed by atoms with E-state index in [1.165, 1.54) is 0 Å². The molecule has 0 aliphatic carbocycles. The molecule has 0 atom stereocenters. The van der Waals surface area contributed by atoms with E-state index in [0.29, 0.717) is 10.3 Å². The van der Waals surface area contributed by atoms with Crippen LogP contribution in [0.5, 0.6) is 5.75 Å². The van der Waals surface area contributed by atoms with Crippen molar-refractivity contribution in [3.05, 3.63) is 38.8 Å². The molecular weight excluding hydrogens is 328 g/mol. The van der Waals surface area contributed by atoms with Gasteiger partial charge in [0.15, 0.2) is 5.82 Å². The zero-order valence-corrected chi connectivity index (χ0v) is 12.9. The standard InChI is InChI=1S/C12H13BrN4OS/c1-7(2)11-15-16-12(19)17(11)14-6-8-5-9(13)3-4-10(8)18/h3-7,18H,1-2H3,(H,16,19)/b14-6+. The summed E-state index contributed by atoms with van der Waals surface area (Å²) < 4.78 is 2.85. The summed E-state index contributed by atoms with van der Waals surface area (Å²) in [6, 6.07) is 5.14. The minimum Gasteiger partial charge on any atom is -0.507 e. The number of phenols is 1. The molecule has 0 bridgehead atoms. The van der Waals surface area contributed by atoms with Gasteiger partial charge in [-0.05, 0) is 30.4 Å². The van der Waals surface area contributed by atoms with Crippen molar-refractivity contribution in [1.29, 1.82) is 0 Å². The van der Waals surface area contributed by atoms with Gasteiger partial charge >= 0.3 is 0 Å². The van der Waals surface area contributed by atoms with Crippen LogP contribution in [-0.4, -0.2) is 26.2 Å². The van der Waals surface area contributed by atoms with Gasteiger partial charge in [0.1, 0.15) is 5.75 Å². The predicted octanol–water partition coefficient (Wildman–Crippen LogP) is 3.41. The Morgan fingerprint density at radius 1 is 1.53 bits per heavy atom. The number of hydrogen-bond acceptors (Lipinski definition) is 4. The van der Waals surface area contributed by atoms with Crippen LogP contribution in [0.1, 0.15) is 31.2 Å². The zero-order valence-electron chi connectivity index (χ0n) is 10.5. The lowest BCUT2D eigenvalue weighted by Crippen LogP contribution is -2.01. The summed E-state index contributed by atoms with van der Waals surface area (Å²) in [6.45, 7) is 4.01. The number of aromatic amines is 1. The first kappa shape index (κ1) is 14.0. The van der Waals surface area contributed by atoms with E-state index in [1.807, 2.05) is 13.8 Å². The Hall–Kier alpha value is -1.47. The van der Waals surface area contributed by atoms with Gasteiger partial charge in [-0.1, -0.05) is 29.8 Å². The van der Waals surface area contributed by atoms with Crippen LogP contribution in [0, 0.1) is 4.77 Å². The van der Waals surface area contributed by atoms with E-state index in [1.54, 1.807) is 29.1 Å². The van der Waals surface area contributed by atoms with Gasteiger partial charge in [-0.2, -0.15) is 14.9 Å². The molecule has 2 aromatic rings. The summed E-state index contributed by atoms with van der Waals surface area (Å²) in [6.07, 6.45) is 1.55. The van der Waals surface area contributed by atoms with Crippen LogP contribution in [0.4, 0.5) is 0 Å². The van der Waals surface area contributed by atoms with Crippen LogP contribution < -0.4 is 0 Å². The molecule has 100 valence electrons. The molecule has 0 aliphatic rings. The number of hydrogen-bond donors (Lipinski definition) is 2. The second-order valence-electron chi connectivity index (χ2n) is 4.30. The first-order valence-corrected chi connectivity index (χ1v) is 6.89. The quantitative estimate of drug-likeness (QED) is 0.664. The average Bonchev–Trinajstić information content (AvgIpc) is 2.72.